The number of amides is 1. The van der Waals surface area contributed by atoms with Crippen molar-refractivity contribution in [1.82, 2.24) is 9.88 Å². The third kappa shape index (κ3) is 4.20. The van der Waals surface area contributed by atoms with Crippen LogP contribution in [0.2, 0.25) is 0 Å². The molecule has 2 aromatic carbocycles. The van der Waals surface area contributed by atoms with Crippen LogP contribution in [0.4, 0.5) is 0 Å². The van der Waals surface area contributed by atoms with Crippen molar-refractivity contribution < 1.29 is 10.1 Å². The highest BCUT2D eigenvalue weighted by Crippen LogP contribution is 2.32. The third-order valence-electron chi connectivity index (χ3n) is 5.41. The Balaban J connectivity index is 1.36. The molecule has 2 N–H and O–H groups in total. The molecule has 5 heteroatoms. The van der Waals surface area contributed by atoms with E-state index in [2.05, 4.69) is 54.7 Å². The smallest absolute Gasteiger partial charge is 0.277 e. The summed E-state index contributed by atoms with van der Waals surface area (Å²) in [4.78, 5) is 19.6. The number of carbonyl (C=O) groups excluding carboxylic acids is 1. The zero-order chi connectivity index (χ0) is 18.6. The van der Waals surface area contributed by atoms with Gasteiger partial charge in [-0.25, -0.2) is 4.98 Å². The highest BCUT2D eigenvalue weighted by atomic mass is 32.1. The summed E-state index contributed by atoms with van der Waals surface area (Å²) in [7, 11) is 0. The molecule has 1 aliphatic heterocycles. The SMILES string of the molecule is C[C@H]([NH2+]CC(=O)N1CCC[C@H](c2nc3ccccc3s2)C1)c1ccccc1. The Bertz CT molecular complexity index is 875. The first-order valence-electron chi connectivity index (χ1n) is 9.72. The van der Waals surface area contributed by atoms with Gasteiger partial charge in [0.05, 0.1) is 15.2 Å². The maximum atomic E-state index is 12.8. The van der Waals surface area contributed by atoms with E-state index >= 15 is 0 Å². The van der Waals surface area contributed by atoms with Crippen LogP contribution in [0.5, 0.6) is 0 Å². The molecule has 1 aromatic heterocycles. The van der Waals surface area contributed by atoms with Crippen LogP contribution < -0.4 is 5.32 Å². The number of fused-ring (bicyclic) bond motifs is 1. The predicted octanol–water partition coefficient (Wildman–Crippen LogP) is 3.33. The van der Waals surface area contributed by atoms with Gasteiger partial charge in [0, 0.05) is 24.6 Å². The van der Waals surface area contributed by atoms with E-state index in [1.54, 1.807) is 11.3 Å². The van der Waals surface area contributed by atoms with Gasteiger partial charge in [-0.05, 0) is 31.9 Å². The number of aromatic nitrogens is 1. The second kappa shape index (κ2) is 8.19. The molecule has 2 atom stereocenters. The molecule has 1 saturated heterocycles. The van der Waals surface area contributed by atoms with Gasteiger partial charge in [-0.15, -0.1) is 11.3 Å². The van der Waals surface area contributed by atoms with Crippen molar-refractivity contribution in [1.29, 1.82) is 0 Å². The number of hydrogen-bond acceptors (Lipinski definition) is 3. The minimum absolute atomic E-state index is 0.239. The summed E-state index contributed by atoms with van der Waals surface area (Å²) < 4.78 is 1.24. The number of rotatable bonds is 5. The summed E-state index contributed by atoms with van der Waals surface area (Å²) in [5.74, 6) is 0.607. The monoisotopic (exact) mass is 380 g/mol. The van der Waals surface area contributed by atoms with Gasteiger partial charge in [-0.1, -0.05) is 42.5 Å². The molecule has 4 nitrogen and oxygen atoms in total. The molecule has 0 radical (unpaired) electrons. The molecule has 140 valence electrons. The zero-order valence-corrected chi connectivity index (χ0v) is 16.5. The lowest BCUT2D eigenvalue weighted by atomic mass is 9.98. The Kier molecular flexibility index (Phi) is 5.50. The van der Waals surface area contributed by atoms with E-state index in [1.807, 2.05) is 17.0 Å². The number of benzene rings is 2. The van der Waals surface area contributed by atoms with Crippen LogP contribution >= 0.6 is 11.3 Å². The highest BCUT2D eigenvalue weighted by molar-refractivity contribution is 7.18. The lowest BCUT2D eigenvalue weighted by Crippen LogP contribution is -2.87. The Labute approximate surface area is 164 Å². The first-order chi connectivity index (χ1) is 13.2. The van der Waals surface area contributed by atoms with Crippen LogP contribution in [0.3, 0.4) is 0 Å². The second-order valence-electron chi connectivity index (χ2n) is 7.34. The molecular weight excluding hydrogens is 354 g/mol. The molecule has 0 aliphatic carbocycles. The number of nitrogens with zero attached hydrogens (tertiary/aromatic N) is 2. The van der Waals surface area contributed by atoms with Gasteiger partial charge in [0.25, 0.3) is 5.91 Å². The normalized spacial score (nSPS) is 18.6. The van der Waals surface area contributed by atoms with Gasteiger partial charge in [-0.2, -0.15) is 0 Å². The van der Waals surface area contributed by atoms with Gasteiger partial charge >= 0.3 is 0 Å². The van der Waals surface area contributed by atoms with Crippen molar-refractivity contribution >= 4 is 27.5 Å². The van der Waals surface area contributed by atoms with Crippen LogP contribution in [0, 0.1) is 0 Å². The van der Waals surface area contributed by atoms with Crippen molar-refractivity contribution in [2.75, 3.05) is 19.6 Å². The summed E-state index contributed by atoms with van der Waals surface area (Å²) in [5, 5.41) is 3.31. The number of quaternary nitrogens is 1. The van der Waals surface area contributed by atoms with Crippen LogP contribution in [0.1, 0.15) is 42.3 Å². The Morgan fingerprint density at radius 3 is 2.81 bits per heavy atom. The lowest BCUT2D eigenvalue weighted by molar-refractivity contribution is -0.683. The number of hydrogen-bond donors (Lipinski definition) is 1. The number of likely N-dealkylation sites (tertiary alicyclic amines) is 1. The topological polar surface area (TPSA) is 49.8 Å². The average Bonchev–Trinajstić information content (AvgIpc) is 3.17. The molecule has 0 spiro atoms. The van der Waals surface area contributed by atoms with Gasteiger partial charge in [0.1, 0.15) is 6.04 Å². The van der Waals surface area contributed by atoms with Crippen molar-refractivity contribution in [2.24, 2.45) is 0 Å². The maximum Gasteiger partial charge on any atom is 0.277 e. The molecule has 1 amide bonds. The summed E-state index contributed by atoms with van der Waals surface area (Å²) >= 11 is 1.78. The van der Waals surface area contributed by atoms with Gasteiger partial charge in [-0.3, -0.25) is 4.79 Å². The van der Waals surface area contributed by atoms with Crippen molar-refractivity contribution in [3.05, 3.63) is 65.2 Å². The average molecular weight is 381 g/mol. The van der Waals surface area contributed by atoms with Crippen LogP contribution in [0.25, 0.3) is 10.2 Å². The molecule has 27 heavy (non-hydrogen) atoms. The highest BCUT2D eigenvalue weighted by Gasteiger charge is 2.27. The molecule has 0 unspecified atom stereocenters. The van der Waals surface area contributed by atoms with Crippen molar-refractivity contribution in [3.8, 4) is 0 Å². The van der Waals surface area contributed by atoms with E-state index in [0.717, 1.165) is 31.4 Å². The molecule has 1 fully saturated rings. The van der Waals surface area contributed by atoms with Gasteiger partial charge in [0.15, 0.2) is 6.54 Å². The van der Waals surface area contributed by atoms with E-state index in [0.29, 0.717) is 18.5 Å². The summed E-state index contributed by atoms with van der Waals surface area (Å²) in [6.45, 7) is 4.32. The van der Waals surface area contributed by atoms with Gasteiger partial charge in [0.2, 0.25) is 0 Å². The first-order valence-corrected chi connectivity index (χ1v) is 10.5. The molecule has 0 bridgehead atoms. The first kappa shape index (κ1) is 18.1. The largest absolute Gasteiger partial charge is 0.337 e. The predicted molar refractivity (Wildman–Crippen MR) is 110 cm³/mol. The standard InChI is InChI=1S/C22H25N3OS/c1-16(17-8-3-2-4-9-17)23-14-21(26)25-13-7-10-18(15-25)22-24-19-11-5-6-12-20(19)27-22/h2-6,8-9,11-12,16,18,23H,7,10,13-15H2,1H3/p+1/t16-,18-/m0/s1. The zero-order valence-electron chi connectivity index (χ0n) is 15.7. The Morgan fingerprint density at radius 1 is 1.22 bits per heavy atom. The number of piperidine rings is 1. The fraction of sp³-hybridized carbons (Fsp3) is 0.364. The maximum absolute atomic E-state index is 12.8. The van der Waals surface area contributed by atoms with E-state index in [-0.39, 0.29) is 5.91 Å². The second-order valence-corrected chi connectivity index (χ2v) is 8.40. The molecule has 3 aromatic rings. The van der Waals surface area contributed by atoms with Crippen molar-refractivity contribution in [3.63, 3.8) is 0 Å². The lowest BCUT2D eigenvalue weighted by Gasteiger charge is -2.31. The van der Waals surface area contributed by atoms with Crippen LogP contribution in [0.15, 0.2) is 54.6 Å². The summed E-state index contributed by atoms with van der Waals surface area (Å²) in [5.41, 5.74) is 2.34. The van der Waals surface area contributed by atoms with Crippen LogP contribution in [-0.4, -0.2) is 35.4 Å². The molecule has 1 aliphatic rings. The quantitative estimate of drug-likeness (QED) is 0.738. The fourth-order valence-corrected chi connectivity index (χ4v) is 4.86. The van der Waals surface area contributed by atoms with E-state index in [1.165, 1.54) is 15.3 Å². The molecule has 2 heterocycles. The van der Waals surface area contributed by atoms with E-state index in [9.17, 15) is 4.79 Å². The minimum atomic E-state index is 0.239. The third-order valence-corrected chi connectivity index (χ3v) is 6.60. The summed E-state index contributed by atoms with van der Waals surface area (Å²) in [6, 6.07) is 19.0. The molecule has 4 rings (SSSR count). The fourth-order valence-electron chi connectivity index (χ4n) is 3.77. The number of carbonyl (C=O) groups is 1. The van der Waals surface area contributed by atoms with E-state index < -0.39 is 0 Å². The molecule has 0 saturated carbocycles. The minimum Gasteiger partial charge on any atom is -0.337 e. The molecular formula is C22H26N3OS+. The number of thiazole rings is 1. The van der Waals surface area contributed by atoms with Crippen molar-refractivity contribution in [2.45, 2.75) is 31.7 Å². The summed E-state index contributed by atoms with van der Waals surface area (Å²) in [6.07, 6.45) is 2.17. The Morgan fingerprint density at radius 2 is 2.00 bits per heavy atom. The number of nitrogens with two attached hydrogens (primary N) is 1. The van der Waals surface area contributed by atoms with Gasteiger partial charge < -0.3 is 10.2 Å². The van der Waals surface area contributed by atoms with E-state index in [4.69, 9.17) is 4.98 Å². The van der Waals surface area contributed by atoms with Crippen LogP contribution in [-0.2, 0) is 4.79 Å². The Hall–Kier alpha value is -2.24. The number of para-hydroxylation sites is 1.